The van der Waals surface area contributed by atoms with Crippen molar-refractivity contribution in [2.75, 3.05) is 0 Å². The predicted octanol–water partition coefficient (Wildman–Crippen LogP) is 3.93. The van der Waals surface area contributed by atoms with E-state index in [1.807, 2.05) is 13.8 Å². The molecule has 4 saturated carbocycles. The minimum Gasteiger partial charge on any atom is -0.458 e. The summed E-state index contributed by atoms with van der Waals surface area (Å²) in [5, 5.41) is 10.1. The van der Waals surface area contributed by atoms with Crippen LogP contribution in [-0.2, 0) is 9.53 Å². The fourth-order valence-electron chi connectivity index (χ4n) is 5.70. The van der Waals surface area contributed by atoms with Crippen LogP contribution in [-0.4, -0.2) is 22.8 Å². The second-order valence-corrected chi connectivity index (χ2v) is 8.45. The van der Waals surface area contributed by atoms with Crippen LogP contribution in [0.3, 0.4) is 0 Å². The molecule has 0 aromatic rings. The van der Waals surface area contributed by atoms with Crippen LogP contribution in [0, 0.1) is 29.1 Å². The molecule has 4 aliphatic carbocycles. The molecular weight excluding hydrogens is 276 g/mol. The van der Waals surface area contributed by atoms with Gasteiger partial charge in [0, 0.05) is 0 Å². The van der Waals surface area contributed by atoms with Crippen LogP contribution in [0.15, 0.2) is 0 Å². The summed E-state index contributed by atoms with van der Waals surface area (Å²) in [7, 11) is 0. The Balaban J connectivity index is 1.84. The van der Waals surface area contributed by atoms with Crippen LogP contribution in [0.5, 0.6) is 0 Å². The average Bonchev–Trinajstić information content (AvgIpc) is 2.49. The molecule has 0 amide bonds. The molecule has 0 aromatic heterocycles. The van der Waals surface area contributed by atoms with Crippen LogP contribution >= 0.6 is 0 Å². The lowest BCUT2D eigenvalue weighted by Gasteiger charge is -2.60. The Kier molecular flexibility index (Phi) is 4.08. The monoisotopic (exact) mass is 308 g/mol. The lowest BCUT2D eigenvalue weighted by Crippen LogP contribution is -2.60. The summed E-state index contributed by atoms with van der Waals surface area (Å²) in [6, 6.07) is 0. The van der Waals surface area contributed by atoms with E-state index in [9.17, 15) is 9.90 Å². The number of esters is 1. The van der Waals surface area contributed by atoms with Gasteiger partial charge in [-0.25, -0.2) is 0 Å². The van der Waals surface area contributed by atoms with Crippen molar-refractivity contribution in [1.82, 2.24) is 0 Å². The van der Waals surface area contributed by atoms with Crippen LogP contribution < -0.4 is 0 Å². The van der Waals surface area contributed by atoms with Crippen molar-refractivity contribution in [2.24, 2.45) is 29.1 Å². The highest BCUT2D eigenvalue weighted by Gasteiger charge is 2.59. The van der Waals surface area contributed by atoms with Gasteiger partial charge in [0.15, 0.2) is 0 Å². The van der Waals surface area contributed by atoms with Crippen molar-refractivity contribution in [3.05, 3.63) is 0 Å². The molecule has 4 bridgehead atoms. The summed E-state index contributed by atoms with van der Waals surface area (Å²) in [6.07, 6.45) is 7.24. The molecular formula is C19H32O3. The zero-order valence-electron chi connectivity index (χ0n) is 14.6. The van der Waals surface area contributed by atoms with E-state index in [0.29, 0.717) is 18.3 Å². The molecule has 3 nitrogen and oxygen atoms in total. The van der Waals surface area contributed by atoms with Crippen LogP contribution in [0.4, 0.5) is 0 Å². The fraction of sp³-hybridized carbons (Fsp3) is 0.947. The summed E-state index contributed by atoms with van der Waals surface area (Å²) in [6.45, 7) is 7.70. The predicted molar refractivity (Wildman–Crippen MR) is 86.2 cm³/mol. The Labute approximate surface area is 134 Å². The summed E-state index contributed by atoms with van der Waals surface area (Å²) in [5.74, 6) is 2.66. The van der Waals surface area contributed by atoms with Gasteiger partial charge in [0.25, 0.3) is 0 Å². The molecule has 2 unspecified atom stereocenters. The topological polar surface area (TPSA) is 46.5 Å². The third kappa shape index (κ3) is 2.23. The van der Waals surface area contributed by atoms with E-state index in [1.54, 1.807) is 6.92 Å². The average molecular weight is 308 g/mol. The molecule has 4 aliphatic rings. The first-order chi connectivity index (χ1) is 10.4. The van der Waals surface area contributed by atoms with E-state index in [2.05, 4.69) is 6.92 Å². The second kappa shape index (κ2) is 5.51. The van der Waals surface area contributed by atoms with Crippen molar-refractivity contribution in [2.45, 2.75) is 84.3 Å². The molecule has 0 aromatic carbocycles. The lowest BCUT2D eigenvalue weighted by molar-refractivity contribution is -0.222. The van der Waals surface area contributed by atoms with Crippen molar-refractivity contribution in [3.8, 4) is 0 Å². The van der Waals surface area contributed by atoms with Gasteiger partial charge in [-0.1, -0.05) is 13.8 Å². The highest BCUT2D eigenvalue weighted by Crippen LogP contribution is 2.61. The molecule has 4 fully saturated rings. The summed E-state index contributed by atoms with van der Waals surface area (Å²) in [4.78, 5) is 12.9. The maximum Gasteiger partial charge on any atom is 0.314 e. The standard InChI is InChI=1S/C19H32O3/c1-5-18(4,12(3)20)17(21)22-19(6-2)15-8-13-7-14(10-15)11-16(19)9-13/h12-16,20H,5-11H2,1-4H3. The number of rotatable bonds is 5. The highest BCUT2D eigenvalue weighted by atomic mass is 16.6. The molecule has 22 heavy (non-hydrogen) atoms. The van der Waals surface area contributed by atoms with Gasteiger partial charge in [-0.05, 0) is 82.5 Å². The largest absolute Gasteiger partial charge is 0.458 e. The van der Waals surface area contributed by atoms with Gasteiger partial charge < -0.3 is 9.84 Å². The Morgan fingerprint density at radius 3 is 2.05 bits per heavy atom. The Morgan fingerprint density at radius 1 is 1.18 bits per heavy atom. The van der Waals surface area contributed by atoms with Crippen LogP contribution in [0.1, 0.15) is 72.6 Å². The maximum absolute atomic E-state index is 12.9. The normalized spacial score (nSPS) is 43.7. The zero-order chi connectivity index (χ0) is 16.1. The number of ether oxygens (including phenoxy) is 1. The first-order valence-corrected chi connectivity index (χ1v) is 9.27. The first-order valence-electron chi connectivity index (χ1n) is 9.27. The Bertz CT molecular complexity index is 414. The number of hydrogen-bond donors (Lipinski definition) is 1. The molecule has 4 rings (SSSR count). The van der Waals surface area contributed by atoms with Crippen LogP contribution in [0.2, 0.25) is 0 Å². The Morgan fingerprint density at radius 2 is 1.68 bits per heavy atom. The maximum atomic E-state index is 12.9. The minimum atomic E-state index is -0.781. The van der Waals surface area contributed by atoms with Gasteiger partial charge in [-0.15, -0.1) is 0 Å². The zero-order valence-corrected chi connectivity index (χ0v) is 14.6. The summed E-state index contributed by atoms with van der Waals surface area (Å²) >= 11 is 0. The molecule has 3 heteroatoms. The number of aliphatic hydroxyl groups is 1. The van der Waals surface area contributed by atoms with Crippen molar-refractivity contribution in [1.29, 1.82) is 0 Å². The quantitative estimate of drug-likeness (QED) is 0.783. The smallest absolute Gasteiger partial charge is 0.314 e. The third-order valence-electron chi connectivity index (χ3n) is 7.48. The van der Waals surface area contributed by atoms with E-state index >= 15 is 0 Å². The summed E-state index contributed by atoms with van der Waals surface area (Å²) in [5.41, 5.74) is -1.04. The fourth-order valence-corrected chi connectivity index (χ4v) is 5.70. The van der Waals surface area contributed by atoms with E-state index < -0.39 is 11.5 Å². The van der Waals surface area contributed by atoms with E-state index in [4.69, 9.17) is 4.74 Å². The van der Waals surface area contributed by atoms with Gasteiger partial charge in [-0.2, -0.15) is 0 Å². The van der Waals surface area contributed by atoms with Crippen molar-refractivity contribution >= 4 is 5.97 Å². The Hall–Kier alpha value is -0.570. The van der Waals surface area contributed by atoms with E-state index in [-0.39, 0.29) is 11.6 Å². The van der Waals surface area contributed by atoms with E-state index in [0.717, 1.165) is 18.3 Å². The summed E-state index contributed by atoms with van der Waals surface area (Å²) < 4.78 is 6.28. The van der Waals surface area contributed by atoms with E-state index in [1.165, 1.54) is 32.1 Å². The molecule has 0 radical (unpaired) electrons. The molecule has 126 valence electrons. The van der Waals surface area contributed by atoms with Gasteiger partial charge >= 0.3 is 5.97 Å². The van der Waals surface area contributed by atoms with Crippen molar-refractivity contribution in [3.63, 3.8) is 0 Å². The van der Waals surface area contributed by atoms with Gasteiger partial charge in [0.05, 0.1) is 11.5 Å². The number of hydrogen-bond acceptors (Lipinski definition) is 3. The van der Waals surface area contributed by atoms with Crippen LogP contribution in [0.25, 0.3) is 0 Å². The molecule has 1 N–H and O–H groups in total. The SMILES string of the molecule is CCC(C)(C(=O)OC1(CC)C2CC3CC(C2)CC1C3)C(C)O. The molecule has 0 spiro atoms. The number of carbonyl (C=O) groups is 1. The second-order valence-electron chi connectivity index (χ2n) is 8.45. The highest BCUT2D eigenvalue weighted by molar-refractivity contribution is 5.77. The van der Waals surface area contributed by atoms with Gasteiger partial charge in [0.1, 0.15) is 5.60 Å². The van der Waals surface area contributed by atoms with Crippen molar-refractivity contribution < 1.29 is 14.6 Å². The number of aliphatic hydroxyl groups excluding tert-OH is 1. The minimum absolute atomic E-state index is 0.181. The van der Waals surface area contributed by atoms with Gasteiger partial charge in [-0.3, -0.25) is 4.79 Å². The lowest BCUT2D eigenvalue weighted by atomic mass is 9.49. The van der Waals surface area contributed by atoms with Gasteiger partial charge in [0.2, 0.25) is 0 Å². The molecule has 0 aliphatic heterocycles. The molecule has 0 heterocycles. The third-order valence-corrected chi connectivity index (χ3v) is 7.48. The molecule has 0 saturated heterocycles. The number of carbonyl (C=O) groups excluding carboxylic acids is 1. The molecule has 2 atom stereocenters. The first kappa shape index (κ1) is 16.3.